The Hall–Kier alpha value is -1.70. The number of allylic oxidation sites excluding steroid dienone is 1. The van der Waals surface area contributed by atoms with Crippen LogP contribution in [-0.4, -0.2) is 27.2 Å². The number of aliphatic hydroxyl groups excluding tert-OH is 1. The number of aromatic nitrogens is 1. The number of nitrogens with one attached hydrogen (secondary N) is 1. The topological polar surface area (TPSA) is 65.5 Å². The van der Waals surface area contributed by atoms with Gasteiger partial charge in [-0.1, -0.05) is 17.7 Å². The standard InChI is InChI=1S/C13H10ClN3O2S2/c1-17-10(13(19)16-9-4-2-3-5-15-9)11(18)12-7(21-17)6-8(14)20-12/h2-6,19H,1H3,(H,15,16)/b13-10+. The molecule has 108 valence electrons. The third kappa shape index (κ3) is 2.72. The van der Waals surface area contributed by atoms with Crippen LogP contribution in [0, 0.1) is 0 Å². The number of aliphatic hydroxyl groups is 1. The van der Waals surface area contributed by atoms with Gasteiger partial charge < -0.3 is 14.7 Å². The number of hydrogen-bond donors (Lipinski definition) is 2. The number of halogens is 1. The molecule has 0 radical (unpaired) electrons. The Kier molecular flexibility index (Phi) is 3.79. The first-order valence-electron chi connectivity index (χ1n) is 5.93. The maximum atomic E-state index is 12.5. The molecule has 0 bridgehead atoms. The van der Waals surface area contributed by atoms with Crippen molar-refractivity contribution in [3.05, 3.63) is 51.3 Å². The fourth-order valence-corrected chi connectivity index (χ4v) is 4.23. The van der Waals surface area contributed by atoms with Gasteiger partial charge in [0.05, 0.1) is 14.1 Å². The minimum absolute atomic E-state index is 0.177. The molecule has 0 spiro atoms. The number of thiophene rings is 1. The zero-order valence-electron chi connectivity index (χ0n) is 10.8. The van der Waals surface area contributed by atoms with E-state index >= 15 is 0 Å². The van der Waals surface area contributed by atoms with Crippen LogP contribution in [0.1, 0.15) is 9.67 Å². The van der Waals surface area contributed by atoms with Crippen molar-refractivity contribution in [2.45, 2.75) is 4.90 Å². The van der Waals surface area contributed by atoms with Crippen molar-refractivity contribution >= 4 is 46.5 Å². The molecule has 2 aromatic rings. The van der Waals surface area contributed by atoms with E-state index in [1.165, 1.54) is 23.3 Å². The Balaban J connectivity index is 1.97. The second-order valence-electron chi connectivity index (χ2n) is 4.20. The van der Waals surface area contributed by atoms with E-state index in [9.17, 15) is 9.90 Å². The summed E-state index contributed by atoms with van der Waals surface area (Å²) in [5.74, 6) is -0.0309. The van der Waals surface area contributed by atoms with Gasteiger partial charge in [0.2, 0.25) is 11.7 Å². The molecular weight excluding hydrogens is 330 g/mol. The lowest BCUT2D eigenvalue weighted by Crippen LogP contribution is -2.25. The highest BCUT2D eigenvalue weighted by atomic mass is 35.5. The zero-order chi connectivity index (χ0) is 15.0. The van der Waals surface area contributed by atoms with Gasteiger partial charge in [-0.05, 0) is 30.1 Å². The minimum atomic E-state index is -0.260. The summed E-state index contributed by atoms with van der Waals surface area (Å²) in [4.78, 5) is 17.9. The van der Waals surface area contributed by atoms with Crippen LogP contribution >= 0.6 is 34.9 Å². The molecule has 0 aliphatic carbocycles. The SMILES string of the molecule is CN1Sc2cc(Cl)sc2C(=O)/C1=C(\O)Nc1ccccn1. The number of rotatable bonds is 2. The molecular formula is C13H10ClN3O2S2. The average molecular weight is 340 g/mol. The maximum absolute atomic E-state index is 12.5. The second kappa shape index (κ2) is 5.59. The zero-order valence-corrected chi connectivity index (χ0v) is 13.2. The molecule has 8 heteroatoms. The van der Waals surface area contributed by atoms with Gasteiger partial charge in [0.25, 0.3) is 0 Å². The van der Waals surface area contributed by atoms with Gasteiger partial charge in [-0.2, -0.15) is 0 Å². The van der Waals surface area contributed by atoms with Crippen molar-refractivity contribution in [3.63, 3.8) is 0 Å². The number of Topliss-reactive ketones (excluding diaryl/α,β-unsaturated/α-hetero) is 1. The van der Waals surface area contributed by atoms with Gasteiger partial charge in [-0.3, -0.25) is 4.79 Å². The van der Waals surface area contributed by atoms with Gasteiger partial charge in [0.15, 0.2) is 5.70 Å². The number of nitrogens with zero attached hydrogens (tertiary/aromatic N) is 2. The van der Waals surface area contributed by atoms with Gasteiger partial charge in [-0.25, -0.2) is 4.98 Å². The van der Waals surface area contributed by atoms with Crippen molar-refractivity contribution < 1.29 is 9.90 Å². The van der Waals surface area contributed by atoms with E-state index < -0.39 is 0 Å². The number of likely N-dealkylation sites (N-methyl/N-ethyl adjacent to an activating group) is 1. The third-order valence-corrected chi connectivity index (χ3v) is 5.14. The van der Waals surface area contributed by atoms with E-state index in [2.05, 4.69) is 10.3 Å². The van der Waals surface area contributed by atoms with E-state index in [-0.39, 0.29) is 17.4 Å². The monoisotopic (exact) mass is 339 g/mol. The predicted molar refractivity (Wildman–Crippen MR) is 84.8 cm³/mol. The van der Waals surface area contributed by atoms with E-state index in [1.807, 2.05) is 0 Å². The third-order valence-electron chi connectivity index (χ3n) is 2.78. The molecule has 0 aromatic carbocycles. The van der Waals surface area contributed by atoms with E-state index in [0.717, 1.165) is 4.90 Å². The number of anilines is 1. The largest absolute Gasteiger partial charge is 0.493 e. The molecule has 2 aromatic heterocycles. The Morgan fingerprint density at radius 2 is 2.29 bits per heavy atom. The molecule has 3 rings (SSSR count). The van der Waals surface area contributed by atoms with Gasteiger partial charge >= 0.3 is 0 Å². The van der Waals surface area contributed by atoms with E-state index in [1.54, 1.807) is 41.8 Å². The van der Waals surface area contributed by atoms with Crippen LogP contribution in [0.3, 0.4) is 0 Å². The Bertz CT molecular complexity index is 730. The van der Waals surface area contributed by atoms with Gasteiger partial charge in [0.1, 0.15) is 5.82 Å². The molecule has 5 nitrogen and oxygen atoms in total. The van der Waals surface area contributed by atoms with Crippen LogP contribution < -0.4 is 5.32 Å². The molecule has 0 unspecified atom stereocenters. The molecule has 21 heavy (non-hydrogen) atoms. The van der Waals surface area contributed by atoms with Crippen molar-refractivity contribution in [3.8, 4) is 0 Å². The van der Waals surface area contributed by atoms with Gasteiger partial charge in [-0.15, -0.1) is 11.3 Å². The molecule has 1 aliphatic rings. The van der Waals surface area contributed by atoms with Crippen LogP contribution in [-0.2, 0) is 0 Å². The molecule has 3 heterocycles. The summed E-state index contributed by atoms with van der Waals surface area (Å²) in [7, 11) is 1.71. The number of carbonyl (C=O) groups is 1. The predicted octanol–water partition coefficient (Wildman–Crippen LogP) is 3.77. The Labute approximate surface area is 134 Å². The van der Waals surface area contributed by atoms with E-state index in [0.29, 0.717) is 15.0 Å². The fraction of sp³-hybridized carbons (Fsp3) is 0.0769. The molecule has 2 N–H and O–H groups in total. The van der Waals surface area contributed by atoms with Crippen LogP contribution in [0.2, 0.25) is 4.34 Å². The minimum Gasteiger partial charge on any atom is -0.493 e. The number of fused-ring (bicyclic) bond motifs is 1. The molecule has 0 atom stereocenters. The second-order valence-corrected chi connectivity index (χ2v) is 7.05. The summed E-state index contributed by atoms with van der Waals surface area (Å²) in [6.07, 6.45) is 1.60. The Morgan fingerprint density at radius 1 is 1.48 bits per heavy atom. The average Bonchev–Trinajstić information content (AvgIpc) is 2.80. The van der Waals surface area contributed by atoms with Gasteiger partial charge in [0, 0.05) is 13.2 Å². The highest BCUT2D eigenvalue weighted by Gasteiger charge is 2.32. The normalized spacial score (nSPS) is 16.7. The number of hydrogen-bond acceptors (Lipinski definition) is 7. The number of pyridine rings is 1. The molecule has 0 saturated carbocycles. The number of carbonyl (C=O) groups excluding carboxylic acids is 1. The molecule has 0 amide bonds. The lowest BCUT2D eigenvalue weighted by Gasteiger charge is -2.25. The van der Waals surface area contributed by atoms with Crippen LogP contribution in [0.25, 0.3) is 0 Å². The van der Waals surface area contributed by atoms with Crippen molar-refractivity contribution in [1.82, 2.24) is 9.29 Å². The summed E-state index contributed by atoms with van der Waals surface area (Å²) in [5, 5.41) is 13.0. The molecule has 0 fully saturated rings. The molecule has 1 aliphatic heterocycles. The first kappa shape index (κ1) is 14.2. The van der Waals surface area contributed by atoms with Crippen molar-refractivity contribution in [2.75, 3.05) is 12.4 Å². The first-order chi connectivity index (χ1) is 10.1. The van der Waals surface area contributed by atoms with E-state index in [4.69, 9.17) is 11.6 Å². The quantitative estimate of drug-likeness (QED) is 0.493. The lowest BCUT2D eigenvalue weighted by molar-refractivity contribution is 0.101. The smallest absolute Gasteiger partial charge is 0.226 e. The van der Waals surface area contributed by atoms with Crippen LogP contribution in [0.15, 0.2) is 46.9 Å². The lowest BCUT2D eigenvalue weighted by atomic mass is 10.2. The maximum Gasteiger partial charge on any atom is 0.226 e. The summed E-state index contributed by atoms with van der Waals surface area (Å²) in [6, 6.07) is 7.00. The van der Waals surface area contributed by atoms with Crippen molar-refractivity contribution in [2.24, 2.45) is 0 Å². The molecule has 0 saturated heterocycles. The van der Waals surface area contributed by atoms with Crippen molar-refractivity contribution in [1.29, 1.82) is 0 Å². The summed E-state index contributed by atoms with van der Waals surface area (Å²) < 4.78 is 2.16. The van der Waals surface area contributed by atoms with Crippen LogP contribution in [0.4, 0.5) is 5.82 Å². The summed E-state index contributed by atoms with van der Waals surface area (Å²) in [5.41, 5.74) is 0.177. The number of ketones is 1. The highest BCUT2D eigenvalue weighted by Crippen LogP contribution is 2.42. The first-order valence-corrected chi connectivity index (χ1v) is 7.90. The van der Waals surface area contributed by atoms with Crippen LogP contribution in [0.5, 0.6) is 0 Å². The summed E-state index contributed by atoms with van der Waals surface area (Å²) >= 11 is 8.50. The summed E-state index contributed by atoms with van der Waals surface area (Å²) in [6.45, 7) is 0. The fourth-order valence-electron chi connectivity index (χ4n) is 1.89. The highest BCUT2D eigenvalue weighted by molar-refractivity contribution is 7.97. The Morgan fingerprint density at radius 3 is 3.00 bits per heavy atom.